The van der Waals surface area contributed by atoms with Crippen LogP contribution in [0.4, 0.5) is 4.39 Å². The minimum absolute atomic E-state index is 0.104. The molecule has 2 aromatic carbocycles. The fourth-order valence-corrected chi connectivity index (χ4v) is 3.25. The second-order valence-corrected chi connectivity index (χ2v) is 6.74. The Morgan fingerprint density at radius 1 is 1.12 bits per heavy atom. The molecule has 0 bridgehead atoms. The van der Waals surface area contributed by atoms with Gasteiger partial charge in [-0.3, -0.25) is 4.79 Å². The number of hydrogen-bond acceptors (Lipinski definition) is 3. The zero-order valence-corrected chi connectivity index (χ0v) is 15.1. The summed E-state index contributed by atoms with van der Waals surface area (Å²) in [5.41, 5.74) is 0.484. The Morgan fingerprint density at radius 3 is 2.62 bits per heavy atom. The van der Waals surface area contributed by atoms with Gasteiger partial charge in [0, 0.05) is 28.6 Å². The molecule has 0 spiro atoms. The van der Waals surface area contributed by atoms with E-state index >= 15 is 0 Å². The average molecular weight is 388 g/mol. The SMILES string of the molecule is O=C(COc1ccccc1Cl)NCCSCc1c(F)cccc1Cl. The van der Waals surface area contributed by atoms with E-state index in [0.717, 1.165) is 0 Å². The maximum atomic E-state index is 13.6. The van der Waals surface area contributed by atoms with Crippen LogP contribution in [-0.4, -0.2) is 24.8 Å². The number of ether oxygens (including phenoxy) is 1. The van der Waals surface area contributed by atoms with Crippen molar-refractivity contribution in [3.63, 3.8) is 0 Å². The maximum Gasteiger partial charge on any atom is 0.257 e. The van der Waals surface area contributed by atoms with Crippen LogP contribution in [0.15, 0.2) is 42.5 Å². The van der Waals surface area contributed by atoms with Gasteiger partial charge in [-0.2, -0.15) is 11.8 Å². The molecular weight excluding hydrogens is 372 g/mol. The second-order valence-electron chi connectivity index (χ2n) is 4.82. The molecular formula is C17H16Cl2FNO2S. The summed E-state index contributed by atoms with van der Waals surface area (Å²) in [6.45, 7) is 0.356. The first-order valence-corrected chi connectivity index (χ1v) is 9.13. The van der Waals surface area contributed by atoms with Gasteiger partial charge in [0.05, 0.1) is 5.02 Å². The van der Waals surface area contributed by atoms with Crippen LogP contribution in [-0.2, 0) is 10.5 Å². The molecule has 1 amide bonds. The van der Waals surface area contributed by atoms with Gasteiger partial charge in [0.25, 0.3) is 5.91 Å². The fraction of sp³-hybridized carbons (Fsp3) is 0.235. The first kappa shape index (κ1) is 18.9. The van der Waals surface area contributed by atoms with E-state index in [0.29, 0.717) is 39.4 Å². The van der Waals surface area contributed by atoms with Gasteiger partial charge in [0.2, 0.25) is 0 Å². The van der Waals surface area contributed by atoms with Gasteiger partial charge in [-0.05, 0) is 24.3 Å². The van der Waals surface area contributed by atoms with E-state index in [2.05, 4.69) is 5.32 Å². The summed E-state index contributed by atoms with van der Waals surface area (Å²) in [5.74, 6) is 1.02. The van der Waals surface area contributed by atoms with Gasteiger partial charge in [0.15, 0.2) is 6.61 Å². The lowest BCUT2D eigenvalue weighted by atomic mass is 10.2. The quantitative estimate of drug-likeness (QED) is 0.674. The number of halogens is 3. The highest BCUT2D eigenvalue weighted by Gasteiger charge is 2.07. The molecule has 3 nitrogen and oxygen atoms in total. The summed E-state index contributed by atoms with van der Waals surface area (Å²) in [7, 11) is 0. The molecule has 0 aliphatic rings. The minimum atomic E-state index is -0.313. The van der Waals surface area contributed by atoms with Crippen molar-refractivity contribution in [3.8, 4) is 5.75 Å². The van der Waals surface area contributed by atoms with Crippen LogP contribution in [0.1, 0.15) is 5.56 Å². The molecule has 0 aromatic heterocycles. The van der Waals surface area contributed by atoms with Gasteiger partial charge in [-0.25, -0.2) is 4.39 Å². The van der Waals surface area contributed by atoms with Gasteiger partial charge in [-0.15, -0.1) is 0 Å². The molecule has 0 unspecified atom stereocenters. The highest BCUT2D eigenvalue weighted by atomic mass is 35.5. The Bertz CT molecular complexity index is 680. The Labute approximate surface area is 154 Å². The first-order chi connectivity index (χ1) is 11.6. The van der Waals surface area contributed by atoms with Crippen molar-refractivity contribution in [2.24, 2.45) is 0 Å². The lowest BCUT2D eigenvalue weighted by Gasteiger charge is -2.09. The molecule has 0 atom stereocenters. The molecule has 1 N–H and O–H groups in total. The normalized spacial score (nSPS) is 10.5. The highest BCUT2D eigenvalue weighted by molar-refractivity contribution is 7.98. The van der Waals surface area contributed by atoms with Crippen LogP contribution in [0.5, 0.6) is 5.75 Å². The van der Waals surface area contributed by atoms with Crippen molar-refractivity contribution in [1.82, 2.24) is 5.32 Å². The zero-order valence-electron chi connectivity index (χ0n) is 12.7. The third kappa shape index (κ3) is 5.89. The van der Waals surface area contributed by atoms with Crippen molar-refractivity contribution in [2.45, 2.75) is 5.75 Å². The number of rotatable bonds is 8. The summed E-state index contributed by atoms with van der Waals surface area (Å²) in [6, 6.07) is 11.6. The van der Waals surface area contributed by atoms with Crippen LogP contribution in [0, 0.1) is 5.82 Å². The number of nitrogens with one attached hydrogen (secondary N) is 1. The van der Waals surface area contributed by atoms with Crippen molar-refractivity contribution < 1.29 is 13.9 Å². The number of para-hydroxylation sites is 1. The van der Waals surface area contributed by atoms with E-state index in [-0.39, 0.29) is 18.3 Å². The van der Waals surface area contributed by atoms with E-state index in [4.69, 9.17) is 27.9 Å². The Kier molecular flexibility index (Phi) is 7.69. The lowest BCUT2D eigenvalue weighted by molar-refractivity contribution is -0.122. The van der Waals surface area contributed by atoms with Crippen LogP contribution < -0.4 is 10.1 Å². The molecule has 0 radical (unpaired) electrons. The van der Waals surface area contributed by atoms with Gasteiger partial charge in [0.1, 0.15) is 11.6 Å². The first-order valence-electron chi connectivity index (χ1n) is 7.22. The maximum absolute atomic E-state index is 13.6. The summed E-state index contributed by atoms with van der Waals surface area (Å²) in [6.07, 6.45) is 0. The highest BCUT2D eigenvalue weighted by Crippen LogP contribution is 2.24. The van der Waals surface area contributed by atoms with Crippen LogP contribution in [0.2, 0.25) is 10.0 Å². The molecule has 24 heavy (non-hydrogen) atoms. The van der Waals surface area contributed by atoms with E-state index in [1.807, 2.05) is 0 Å². The number of carbonyl (C=O) groups excluding carboxylic acids is 1. The molecule has 0 saturated carbocycles. The number of benzene rings is 2. The Hall–Kier alpha value is -1.43. The van der Waals surface area contributed by atoms with Gasteiger partial charge >= 0.3 is 0 Å². The second kappa shape index (κ2) is 9.77. The van der Waals surface area contributed by atoms with Crippen LogP contribution in [0.25, 0.3) is 0 Å². The van der Waals surface area contributed by atoms with Crippen molar-refractivity contribution in [1.29, 1.82) is 0 Å². The van der Waals surface area contributed by atoms with Crippen molar-refractivity contribution in [3.05, 3.63) is 63.9 Å². The van der Waals surface area contributed by atoms with E-state index in [1.54, 1.807) is 36.4 Å². The summed E-state index contributed by atoms with van der Waals surface area (Å²) in [5, 5.41) is 3.61. The molecule has 7 heteroatoms. The van der Waals surface area contributed by atoms with Gasteiger partial charge < -0.3 is 10.1 Å². The van der Waals surface area contributed by atoms with Crippen molar-refractivity contribution >= 4 is 40.9 Å². The van der Waals surface area contributed by atoms with E-state index < -0.39 is 0 Å². The van der Waals surface area contributed by atoms with Crippen LogP contribution >= 0.6 is 35.0 Å². The van der Waals surface area contributed by atoms with Crippen molar-refractivity contribution in [2.75, 3.05) is 18.9 Å². The van der Waals surface area contributed by atoms with E-state index in [9.17, 15) is 9.18 Å². The molecule has 2 rings (SSSR count). The molecule has 2 aromatic rings. The molecule has 0 fully saturated rings. The third-order valence-corrected chi connectivity index (χ3v) is 4.72. The fourth-order valence-electron chi connectivity index (χ4n) is 1.86. The Balaban J connectivity index is 1.64. The average Bonchev–Trinajstić information content (AvgIpc) is 2.56. The number of thioether (sulfide) groups is 1. The van der Waals surface area contributed by atoms with Crippen LogP contribution in [0.3, 0.4) is 0 Å². The standard InChI is InChI=1S/C17H16Cl2FNO2S/c18-13-5-3-6-15(20)12(13)11-24-9-8-21-17(22)10-23-16-7-2-1-4-14(16)19/h1-7H,8-11H2,(H,21,22). The molecule has 0 saturated heterocycles. The largest absolute Gasteiger partial charge is 0.482 e. The Morgan fingerprint density at radius 2 is 1.88 bits per heavy atom. The summed E-state index contributed by atoms with van der Waals surface area (Å²) < 4.78 is 18.9. The monoisotopic (exact) mass is 387 g/mol. The number of carbonyl (C=O) groups is 1. The molecule has 0 heterocycles. The van der Waals surface area contributed by atoms with Gasteiger partial charge in [-0.1, -0.05) is 41.4 Å². The number of hydrogen-bond donors (Lipinski definition) is 1. The zero-order chi connectivity index (χ0) is 17.4. The predicted octanol–water partition coefficient (Wildman–Crippen LogP) is 4.56. The molecule has 0 aliphatic heterocycles. The molecule has 128 valence electrons. The topological polar surface area (TPSA) is 38.3 Å². The summed E-state index contributed by atoms with van der Waals surface area (Å²) in [4.78, 5) is 11.7. The van der Waals surface area contributed by atoms with E-state index in [1.165, 1.54) is 17.8 Å². The predicted molar refractivity (Wildman–Crippen MR) is 97.5 cm³/mol. The molecule has 0 aliphatic carbocycles. The minimum Gasteiger partial charge on any atom is -0.482 e. The lowest BCUT2D eigenvalue weighted by Crippen LogP contribution is -2.30. The summed E-state index contributed by atoms with van der Waals surface area (Å²) >= 11 is 13.4. The number of amides is 1. The third-order valence-electron chi connectivity index (χ3n) is 3.07. The smallest absolute Gasteiger partial charge is 0.257 e.